The molecule has 0 atom stereocenters. The van der Waals surface area contributed by atoms with Gasteiger partial charge in [0.15, 0.2) is 23.0 Å². The molecule has 3 aromatic rings. The van der Waals surface area contributed by atoms with Crippen LogP contribution < -0.4 is 38.9 Å². The first kappa shape index (κ1) is 69.5. The molecule has 452 valence electrons. The van der Waals surface area contributed by atoms with E-state index in [1.165, 1.54) is 231 Å². The summed E-state index contributed by atoms with van der Waals surface area (Å²) in [5, 5.41) is 0. The highest BCUT2D eigenvalue weighted by Gasteiger charge is 2.13. The second kappa shape index (κ2) is 51.1. The minimum atomic E-state index is 0.360. The first-order chi connectivity index (χ1) is 39.1. The first-order valence-electron chi connectivity index (χ1n) is 33.6. The van der Waals surface area contributed by atoms with E-state index in [-0.39, 0.29) is 0 Å². The van der Waals surface area contributed by atoms with Gasteiger partial charge in [0.2, 0.25) is 0 Å². The molecule has 0 unspecified atom stereocenters. The molecule has 8 nitrogen and oxygen atoms in total. The zero-order valence-electron chi connectivity index (χ0n) is 51.8. The zero-order chi connectivity index (χ0) is 56.2. The second-order valence-electron chi connectivity index (χ2n) is 22.9. The average Bonchev–Trinajstić information content (AvgIpc) is 3.46. The number of ether oxygens (including phenoxy) is 7. The fourth-order valence-corrected chi connectivity index (χ4v) is 10.2. The van der Waals surface area contributed by atoms with E-state index < -0.39 is 0 Å². The maximum Gasteiger partial charge on any atom is 0.161 e. The summed E-state index contributed by atoms with van der Waals surface area (Å²) in [6, 6.07) is 18.4. The third-order valence-electron chi connectivity index (χ3n) is 15.3. The molecular formula is C71H121NO7. The van der Waals surface area contributed by atoms with E-state index in [0.29, 0.717) is 70.0 Å². The average molecular weight is 1100 g/mol. The Bertz CT molecular complexity index is 1700. The largest absolute Gasteiger partial charge is 0.493 e. The number of hydrogen-bond donors (Lipinski definition) is 1. The Morgan fingerprint density at radius 2 is 0.481 bits per heavy atom. The van der Waals surface area contributed by atoms with Crippen LogP contribution in [0.1, 0.15) is 302 Å². The Balaban J connectivity index is 1.64. The molecular weight excluding hydrogens is 979 g/mol. The smallest absolute Gasteiger partial charge is 0.161 e. The molecule has 79 heavy (non-hydrogen) atoms. The highest BCUT2D eigenvalue weighted by atomic mass is 16.5. The van der Waals surface area contributed by atoms with Crippen LogP contribution in [0.25, 0.3) is 0 Å². The van der Waals surface area contributed by atoms with E-state index in [1.54, 1.807) is 0 Å². The van der Waals surface area contributed by atoms with Gasteiger partial charge in [0.05, 0.1) is 33.0 Å². The van der Waals surface area contributed by atoms with Crippen LogP contribution in [0.3, 0.4) is 0 Å². The Labute approximate surface area is 486 Å². The lowest BCUT2D eigenvalue weighted by Gasteiger charge is -2.16. The summed E-state index contributed by atoms with van der Waals surface area (Å²) in [6.07, 6.45) is 52.7. The van der Waals surface area contributed by atoms with Crippen LogP contribution in [-0.2, 0) is 13.2 Å². The Morgan fingerprint density at radius 1 is 0.241 bits per heavy atom. The Hall–Kier alpha value is -3.78. The Kier molecular flexibility index (Phi) is 45.0. The third-order valence-corrected chi connectivity index (χ3v) is 15.3. The topological polar surface area (TPSA) is 90.6 Å². The molecule has 0 aliphatic heterocycles. The van der Waals surface area contributed by atoms with Gasteiger partial charge >= 0.3 is 0 Å². The maximum atomic E-state index is 6.53. The van der Waals surface area contributed by atoms with Crippen molar-refractivity contribution in [3.05, 3.63) is 65.7 Å². The molecule has 3 aromatic carbocycles. The summed E-state index contributed by atoms with van der Waals surface area (Å²) < 4.78 is 45.0. The summed E-state index contributed by atoms with van der Waals surface area (Å²) in [6.45, 7) is 13.7. The standard InChI is InChI=1S/C71H121NO7/c1-5-9-13-17-21-25-29-33-37-41-51-74-68-48-46-63(56-70(68)76-53-43-39-35-31-27-23-19-15-11-7-3)61-78-66-58-65(73-55-45-50-72)59-67(60-66)79-62-64-47-49-69(75-52-42-38-34-30-26-22-18-14-10-6-2)71(57-64)77-54-44-40-36-32-28-24-20-16-12-8-4/h46-49,56-60H,5-45,50-55,61-62,72H2,1-4H3. The second-order valence-corrected chi connectivity index (χ2v) is 22.9. The molecule has 0 aromatic heterocycles. The summed E-state index contributed by atoms with van der Waals surface area (Å²) >= 11 is 0. The van der Waals surface area contributed by atoms with Crippen molar-refractivity contribution in [2.45, 2.75) is 304 Å². The number of nitrogens with two attached hydrogens (primary N) is 1. The van der Waals surface area contributed by atoms with Gasteiger partial charge in [-0.25, -0.2) is 0 Å². The minimum Gasteiger partial charge on any atom is -0.493 e. The highest BCUT2D eigenvalue weighted by Crippen LogP contribution is 2.34. The predicted molar refractivity (Wildman–Crippen MR) is 337 cm³/mol. The molecule has 8 heteroatoms. The van der Waals surface area contributed by atoms with E-state index in [1.807, 2.05) is 18.2 Å². The van der Waals surface area contributed by atoms with Gasteiger partial charge in [-0.1, -0.05) is 271 Å². The minimum absolute atomic E-state index is 0.360. The third kappa shape index (κ3) is 37.8. The lowest BCUT2D eigenvalue weighted by Crippen LogP contribution is -2.07. The van der Waals surface area contributed by atoms with Gasteiger partial charge in [0, 0.05) is 18.2 Å². The van der Waals surface area contributed by atoms with Crippen LogP contribution in [0.5, 0.6) is 40.2 Å². The molecule has 0 fully saturated rings. The molecule has 0 aliphatic carbocycles. The summed E-state index contributed by atoms with van der Waals surface area (Å²) in [7, 11) is 0. The molecule has 0 bridgehead atoms. The van der Waals surface area contributed by atoms with Crippen LogP contribution in [0.4, 0.5) is 0 Å². The van der Waals surface area contributed by atoms with E-state index in [9.17, 15) is 0 Å². The lowest BCUT2D eigenvalue weighted by molar-refractivity contribution is 0.255. The van der Waals surface area contributed by atoms with Gasteiger partial charge in [0.25, 0.3) is 0 Å². The predicted octanol–water partition coefficient (Wildman–Crippen LogP) is 21.8. The van der Waals surface area contributed by atoms with Crippen LogP contribution >= 0.6 is 0 Å². The van der Waals surface area contributed by atoms with Crippen LogP contribution in [-0.4, -0.2) is 39.6 Å². The summed E-state index contributed by atoms with van der Waals surface area (Å²) in [5.74, 6) is 5.27. The lowest BCUT2D eigenvalue weighted by atomic mass is 10.1. The van der Waals surface area contributed by atoms with E-state index >= 15 is 0 Å². The monoisotopic (exact) mass is 1100 g/mol. The number of unbranched alkanes of at least 4 members (excludes halogenated alkanes) is 36. The van der Waals surface area contributed by atoms with Gasteiger partial charge in [-0.2, -0.15) is 0 Å². The zero-order valence-corrected chi connectivity index (χ0v) is 51.8. The summed E-state index contributed by atoms with van der Waals surface area (Å²) in [4.78, 5) is 0. The molecule has 0 saturated carbocycles. The van der Waals surface area contributed by atoms with E-state index in [0.717, 1.165) is 66.2 Å². The van der Waals surface area contributed by atoms with Gasteiger partial charge in [-0.15, -0.1) is 0 Å². The molecule has 0 amide bonds. The SMILES string of the molecule is CCCCCCCCCCCCOc1ccc(COc2cc(OCCCN)cc(OCc3ccc(OCCCCCCCCCCCC)c(OCCCCCCCCCCCC)c3)c2)cc1OCCCCCCCCCCCC. The van der Waals surface area contributed by atoms with Crippen molar-refractivity contribution in [1.82, 2.24) is 0 Å². The van der Waals surface area contributed by atoms with E-state index in [2.05, 4.69) is 64.1 Å². The quantitative estimate of drug-likeness (QED) is 0.0559. The van der Waals surface area contributed by atoms with Gasteiger partial charge in [0.1, 0.15) is 30.5 Å². The molecule has 0 spiro atoms. The van der Waals surface area contributed by atoms with Crippen LogP contribution in [0.15, 0.2) is 54.6 Å². The van der Waals surface area contributed by atoms with Gasteiger partial charge in [-0.3, -0.25) is 0 Å². The normalized spacial score (nSPS) is 11.3. The fraction of sp³-hybridized carbons (Fsp3) is 0.746. The van der Waals surface area contributed by atoms with Gasteiger partial charge in [-0.05, 0) is 74.0 Å². The van der Waals surface area contributed by atoms with E-state index in [4.69, 9.17) is 38.9 Å². The van der Waals surface area contributed by atoms with Crippen LogP contribution in [0, 0.1) is 0 Å². The number of benzene rings is 3. The number of hydrogen-bond acceptors (Lipinski definition) is 8. The van der Waals surface area contributed by atoms with Crippen molar-refractivity contribution in [2.24, 2.45) is 5.73 Å². The highest BCUT2D eigenvalue weighted by molar-refractivity contribution is 5.46. The molecule has 2 N–H and O–H groups in total. The number of rotatable bonds is 58. The maximum absolute atomic E-state index is 6.53. The van der Waals surface area contributed by atoms with Crippen molar-refractivity contribution in [3.8, 4) is 40.2 Å². The van der Waals surface area contributed by atoms with Crippen LogP contribution in [0.2, 0.25) is 0 Å². The van der Waals surface area contributed by atoms with Crippen molar-refractivity contribution in [3.63, 3.8) is 0 Å². The molecule has 0 saturated heterocycles. The van der Waals surface area contributed by atoms with Crippen molar-refractivity contribution in [1.29, 1.82) is 0 Å². The Morgan fingerprint density at radius 3 is 0.759 bits per heavy atom. The molecule has 0 heterocycles. The van der Waals surface area contributed by atoms with Gasteiger partial charge < -0.3 is 38.9 Å². The molecule has 3 rings (SSSR count). The van der Waals surface area contributed by atoms with Crippen molar-refractivity contribution < 1.29 is 33.2 Å². The first-order valence-corrected chi connectivity index (χ1v) is 33.6. The van der Waals surface area contributed by atoms with Crippen molar-refractivity contribution >= 4 is 0 Å². The fourth-order valence-electron chi connectivity index (χ4n) is 10.2. The van der Waals surface area contributed by atoms with Crippen molar-refractivity contribution in [2.75, 3.05) is 39.6 Å². The molecule has 0 radical (unpaired) electrons. The molecule has 0 aliphatic rings. The summed E-state index contributed by atoms with van der Waals surface area (Å²) in [5.41, 5.74) is 7.89.